The summed E-state index contributed by atoms with van der Waals surface area (Å²) >= 11 is 0. The first kappa shape index (κ1) is 19.6. The molecule has 1 aromatic carbocycles. The molecule has 28 heavy (non-hydrogen) atoms. The van der Waals surface area contributed by atoms with E-state index in [1.165, 1.54) is 0 Å². The average molecular weight is 378 g/mol. The lowest BCUT2D eigenvalue weighted by Crippen LogP contribution is -2.27. The lowest BCUT2D eigenvalue weighted by molar-refractivity contribution is 0.0941. The first-order valence-electron chi connectivity index (χ1n) is 9.50. The minimum absolute atomic E-state index is 0.213. The van der Waals surface area contributed by atoms with Gasteiger partial charge in [0.1, 0.15) is 0 Å². The summed E-state index contributed by atoms with van der Waals surface area (Å²) in [6, 6.07) is 11.3. The number of fused-ring (bicyclic) bond motifs is 1. The van der Waals surface area contributed by atoms with E-state index < -0.39 is 0 Å². The van der Waals surface area contributed by atoms with Crippen LogP contribution in [-0.2, 0) is 0 Å². The molecule has 0 bridgehead atoms. The molecule has 6 nitrogen and oxygen atoms in total. The smallest absolute Gasteiger partial charge is 0.287 e. The van der Waals surface area contributed by atoms with Crippen molar-refractivity contribution in [2.75, 3.05) is 11.9 Å². The number of imidazole rings is 1. The molecule has 2 N–H and O–H groups in total. The van der Waals surface area contributed by atoms with Gasteiger partial charge in [-0.15, -0.1) is 0 Å². The molecule has 146 valence electrons. The highest BCUT2D eigenvalue weighted by Crippen LogP contribution is 2.19. The maximum Gasteiger partial charge on any atom is 0.287 e. The number of nitrogens with one attached hydrogen (secondary N) is 2. The summed E-state index contributed by atoms with van der Waals surface area (Å²) in [5, 5.41) is 5.80. The Bertz CT molecular complexity index is 1020. The van der Waals surface area contributed by atoms with E-state index in [-0.39, 0.29) is 23.3 Å². The number of aryl methyl sites for hydroxylation is 2. The zero-order valence-electron chi connectivity index (χ0n) is 16.7. The fraction of sp³-hybridized carbons (Fsp3) is 0.318. The number of anilines is 1. The van der Waals surface area contributed by atoms with Gasteiger partial charge >= 0.3 is 0 Å². The van der Waals surface area contributed by atoms with Crippen LogP contribution in [0, 0.1) is 19.8 Å². The molecule has 0 saturated heterocycles. The molecule has 0 atom stereocenters. The van der Waals surface area contributed by atoms with E-state index in [0.717, 1.165) is 23.2 Å². The Labute approximate surface area is 165 Å². The number of hydrogen-bond donors (Lipinski definition) is 2. The van der Waals surface area contributed by atoms with Crippen LogP contribution < -0.4 is 10.6 Å². The second-order valence-electron chi connectivity index (χ2n) is 7.45. The van der Waals surface area contributed by atoms with Gasteiger partial charge < -0.3 is 10.6 Å². The second kappa shape index (κ2) is 8.25. The Morgan fingerprint density at radius 2 is 1.89 bits per heavy atom. The molecule has 0 aliphatic carbocycles. The van der Waals surface area contributed by atoms with Gasteiger partial charge in [0.05, 0.1) is 5.52 Å². The molecule has 2 amide bonds. The predicted molar refractivity (Wildman–Crippen MR) is 111 cm³/mol. The van der Waals surface area contributed by atoms with Gasteiger partial charge in [-0.2, -0.15) is 0 Å². The van der Waals surface area contributed by atoms with E-state index in [1.807, 2.05) is 44.2 Å². The number of pyridine rings is 1. The summed E-state index contributed by atoms with van der Waals surface area (Å²) in [7, 11) is 0. The molecule has 2 aromatic heterocycles. The van der Waals surface area contributed by atoms with Crippen LogP contribution in [0.1, 0.15) is 52.5 Å². The van der Waals surface area contributed by atoms with Gasteiger partial charge in [-0.25, -0.2) is 4.98 Å². The first-order valence-corrected chi connectivity index (χ1v) is 9.50. The number of rotatable bonds is 6. The van der Waals surface area contributed by atoms with Crippen molar-refractivity contribution >= 4 is 23.0 Å². The molecule has 2 heterocycles. The summed E-state index contributed by atoms with van der Waals surface area (Å²) in [4.78, 5) is 29.9. The highest BCUT2D eigenvalue weighted by atomic mass is 16.2. The quantitative estimate of drug-likeness (QED) is 0.681. The van der Waals surface area contributed by atoms with Gasteiger partial charge in [-0.05, 0) is 49.9 Å². The fourth-order valence-electron chi connectivity index (χ4n) is 3.05. The van der Waals surface area contributed by atoms with Crippen LogP contribution in [0.3, 0.4) is 0 Å². The number of carbonyl (C=O) groups is 2. The Hall–Kier alpha value is -3.15. The second-order valence-corrected chi connectivity index (χ2v) is 7.45. The number of nitrogens with zero attached hydrogens (tertiary/aromatic N) is 2. The third-order valence-electron chi connectivity index (χ3n) is 4.60. The highest BCUT2D eigenvalue weighted by molar-refractivity contribution is 6.09. The molecule has 0 fully saturated rings. The fourth-order valence-corrected chi connectivity index (χ4v) is 3.05. The number of amides is 2. The van der Waals surface area contributed by atoms with Crippen molar-refractivity contribution in [1.82, 2.24) is 14.7 Å². The van der Waals surface area contributed by atoms with Gasteiger partial charge in [-0.1, -0.05) is 37.6 Å². The Kier molecular flexibility index (Phi) is 5.78. The average Bonchev–Trinajstić information content (AvgIpc) is 3.03. The minimum atomic E-state index is -0.336. The van der Waals surface area contributed by atoms with Crippen LogP contribution in [0.4, 0.5) is 5.69 Å². The summed E-state index contributed by atoms with van der Waals surface area (Å²) in [6.45, 7) is 8.73. The lowest BCUT2D eigenvalue weighted by atomic mass is 10.1. The van der Waals surface area contributed by atoms with Crippen LogP contribution in [0.2, 0.25) is 0 Å². The Morgan fingerprint density at radius 1 is 1.11 bits per heavy atom. The SMILES string of the molecule is Cc1ccc(NC(=O)c2nc(C(=O)NCCC(C)C)n3ccccc23)c(C)c1. The largest absolute Gasteiger partial charge is 0.349 e. The van der Waals surface area contributed by atoms with Crippen LogP contribution in [0.25, 0.3) is 5.52 Å². The van der Waals surface area contributed by atoms with Gasteiger partial charge in [0.15, 0.2) is 5.69 Å². The molecule has 3 rings (SSSR count). The molecule has 0 unspecified atom stereocenters. The van der Waals surface area contributed by atoms with Crippen LogP contribution in [0.15, 0.2) is 42.6 Å². The van der Waals surface area contributed by atoms with Crippen molar-refractivity contribution < 1.29 is 9.59 Å². The first-order chi connectivity index (χ1) is 13.4. The van der Waals surface area contributed by atoms with E-state index in [0.29, 0.717) is 18.0 Å². The maximum absolute atomic E-state index is 12.9. The molecular weight excluding hydrogens is 352 g/mol. The van der Waals surface area contributed by atoms with Crippen molar-refractivity contribution in [3.8, 4) is 0 Å². The number of carbonyl (C=O) groups excluding carboxylic acids is 2. The summed E-state index contributed by atoms with van der Waals surface area (Å²) in [5.41, 5.74) is 3.66. The molecule has 0 aliphatic heterocycles. The number of aromatic nitrogens is 2. The van der Waals surface area contributed by atoms with Gasteiger partial charge in [0.2, 0.25) is 5.82 Å². The van der Waals surface area contributed by atoms with Crippen molar-refractivity contribution in [2.24, 2.45) is 5.92 Å². The molecule has 3 aromatic rings. The molecule has 6 heteroatoms. The molecule has 0 saturated carbocycles. The lowest BCUT2D eigenvalue weighted by Gasteiger charge is -2.08. The van der Waals surface area contributed by atoms with Gasteiger partial charge in [0.25, 0.3) is 11.8 Å². The number of benzene rings is 1. The summed E-state index contributed by atoms with van der Waals surface area (Å²) in [5.74, 6) is 0.0887. The number of hydrogen-bond acceptors (Lipinski definition) is 3. The topological polar surface area (TPSA) is 75.5 Å². The van der Waals surface area contributed by atoms with Crippen molar-refractivity contribution in [3.63, 3.8) is 0 Å². The van der Waals surface area contributed by atoms with E-state index in [4.69, 9.17) is 0 Å². The van der Waals surface area contributed by atoms with Crippen molar-refractivity contribution in [2.45, 2.75) is 34.1 Å². The maximum atomic E-state index is 12.9. The molecular formula is C22H26N4O2. The van der Waals surface area contributed by atoms with Crippen LogP contribution in [0.5, 0.6) is 0 Å². The van der Waals surface area contributed by atoms with E-state index in [2.05, 4.69) is 29.5 Å². The van der Waals surface area contributed by atoms with E-state index in [9.17, 15) is 9.59 Å². The van der Waals surface area contributed by atoms with Crippen molar-refractivity contribution in [1.29, 1.82) is 0 Å². The zero-order valence-corrected chi connectivity index (χ0v) is 16.7. The monoisotopic (exact) mass is 378 g/mol. The molecule has 0 radical (unpaired) electrons. The van der Waals surface area contributed by atoms with Gasteiger partial charge in [0, 0.05) is 18.4 Å². The van der Waals surface area contributed by atoms with E-state index >= 15 is 0 Å². The van der Waals surface area contributed by atoms with E-state index in [1.54, 1.807) is 16.7 Å². The predicted octanol–water partition coefficient (Wildman–Crippen LogP) is 3.98. The summed E-state index contributed by atoms with van der Waals surface area (Å²) < 4.78 is 1.65. The third kappa shape index (κ3) is 4.22. The highest BCUT2D eigenvalue weighted by Gasteiger charge is 2.21. The van der Waals surface area contributed by atoms with Gasteiger partial charge in [-0.3, -0.25) is 14.0 Å². The molecule has 0 spiro atoms. The molecule has 0 aliphatic rings. The Balaban J connectivity index is 1.89. The third-order valence-corrected chi connectivity index (χ3v) is 4.60. The normalized spacial score (nSPS) is 11.0. The van der Waals surface area contributed by atoms with Crippen LogP contribution >= 0.6 is 0 Å². The standard InChI is InChI=1S/C22H26N4O2/c1-14(2)10-11-23-22(28)20-25-19(18-7-5-6-12-26(18)20)21(27)24-17-9-8-15(3)13-16(17)4/h5-9,12-14H,10-11H2,1-4H3,(H,23,28)(H,24,27). The minimum Gasteiger partial charge on any atom is -0.349 e. The van der Waals surface area contributed by atoms with Crippen LogP contribution in [-0.4, -0.2) is 27.7 Å². The van der Waals surface area contributed by atoms with Crippen molar-refractivity contribution in [3.05, 3.63) is 65.2 Å². The summed E-state index contributed by atoms with van der Waals surface area (Å²) in [6.07, 6.45) is 2.63. The zero-order chi connectivity index (χ0) is 20.3. The Morgan fingerprint density at radius 3 is 2.61 bits per heavy atom.